The fraction of sp³-hybridized carbons (Fsp3) is 0.667. The molecule has 1 aromatic rings. The van der Waals surface area contributed by atoms with Gasteiger partial charge in [0.25, 0.3) is 0 Å². The summed E-state index contributed by atoms with van der Waals surface area (Å²) in [6.07, 6.45) is -1.37. The molecule has 3 rings (SSSR count). The van der Waals surface area contributed by atoms with Crippen molar-refractivity contribution in [3.8, 4) is 0 Å². The topological polar surface area (TPSA) is 40.5 Å². The van der Waals surface area contributed by atoms with Crippen molar-refractivity contribution in [2.24, 2.45) is 11.8 Å². The van der Waals surface area contributed by atoms with E-state index in [4.69, 9.17) is 0 Å². The van der Waals surface area contributed by atoms with E-state index < -0.39 is 48.3 Å². The van der Waals surface area contributed by atoms with E-state index >= 15 is 0 Å². The molecule has 0 bridgehead atoms. The first-order valence-corrected chi connectivity index (χ1v) is 12.8. The van der Waals surface area contributed by atoms with Gasteiger partial charge in [-0.1, -0.05) is 30.7 Å². The zero-order chi connectivity index (χ0) is 26.5. The van der Waals surface area contributed by atoms with Crippen LogP contribution in [-0.2, 0) is 11.0 Å². The molecule has 9 heteroatoms. The molecule has 1 saturated heterocycles. The van der Waals surface area contributed by atoms with Crippen LogP contribution in [0.5, 0.6) is 0 Å². The van der Waals surface area contributed by atoms with E-state index in [1.165, 1.54) is 17.7 Å². The van der Waals surface area contributed by atoms with Crippen molar-refractivity contribution in [1.29, 1.82) is 0 Å². The number of hydrogen-bond acceptors (Lipinski definition) is 2. The second-order valence-electron chi connectivity index (χ2n) is 10.2. The molecule has 0 saturated carbocycles. The van der Waals surface area contributed by atoms with Gasteiger partial charge in [-0.3, -0.25) is 9.69 Å². The quantitative estimate of drug-likeness (QED) is 0.264. The van der Waals surface area contributed by atoms with Crippen LogP contribution in [0.2, 0.25) is 0 Å². The van der Waals surface area contributed by atoms with Crippen LogP contribution in [0.1, 0.15) is 88.3 Å². The van der Waals surface area contributed by atoms with Crippen molar-refractivity contribution in [1.82, 2.24) is 4.90 Å². The van der Waals surface area contributed by atoms with Crippen LogP contribution in [0.25, 0.3) is 0 Å². The van der Waals surface area contributed by atoms with Crippen molar-refractivity contribution in [3.05, 3.63) is 47.0 Å². The highest BCUT2D eigenvalue weighted by atomic mass is 19.4. The molecule has 1 fully saturated rings. The lowest BCUT2D eigenvalue weighted by molar-refractivity contribution is -0.145. The molecule has 0 radical (unpaired) electrons. The van der Waals surface area contributed by atoms with Gasteiger partial charge in [-0.05, 0) is 87.9 Å². The highest BCUT2D eigenvalue weighted by molar-refractivity contribution is 5.69. The Morgan fingerprint density at radius 2 is 1.78 bits per heavy atom. The maximum Gasteiger partial charge on any atom is 0.416 e. The number of alkyl halides is 6. The summed E-state index contributed by atoms with van der Waals surface area (Å²) in [5, 5.41) is 9.52. The molecule has 0 spiro atoms. The Balaban J connectivity index is 1.88. The van der Waals surface area contributed by atoms with Gasteiger partial charge in [0.2, 0.25) is 0 Å². The van der Waals surface area contributed by atoms with Crippen LogP contribution in [-0.4, -0.2) is 34.7 Å². The lowest BCUT2D eigenvalue weighted by Crippen LogP contribution is -2.45. The SMILES string of the molecule is CC(C(=O)O)[C@@H]1CCN([C@H](CCC2=CCCCC2)CCC(F)(F)F)[C@H](c2ccc(C(F)(F)F)cc2)C1. The van der Waals surface area contributed by atoms with Crippen molar-refractivity contribution < 1.29 is 36.2 Å². The first-order chi connectivity index (χ1) is 16.8. The number of carbonyl (C=O) groups is 1. The molecule has 1 unspecified atom stereocenters. The van der Waals surface area contributed by atoms with E-state index in [1.807, 2.05) is 4.90 Å². The third-order valence-electron chi connectivity index (χ3n) is 7.82. The minimum Gasteiger partial charge on any atom is -0.481 e. The fourth-order valence-corrected chi connectivity index (χ4v) is 5.62. The van der Waals surface area contributed by atoms with Crippen LogP contribution in [0, 0.1) is 11.8 Å². The molecule has 1 aliphatic heterocycles. The Bertz CT molecular complexity index is 893. The lowest BCUT2D eigenvalue weighted by atomic mass is 9.78. The monoisotopic (exact) mass is 519 g/mol. The Kier molecular flexibility index (Phi) is 9.52. The number of halogens is 6. The third kappa shape index (κ3) is 7.98. The zero-order valence-corrected chi connectivity index (χ0v) is 20.5. The Hall–Kier alpha value is -2.03. The maximum atomic E-state index is 13.2. The molecule has 2 aliphatic rings. The Morgan fingerprint density at radius 3 is 2.33 bits per heavy atom. The van der Waals surface area contributed by atoms with Crippen molar-refractivity contribution in [2.45, 2.75) is 95.6 Å². The van der Waals surface area contributed by atoms with Gasteiger partial charge in [-0.15, -0.1) is 0 Å². The molecule has 202 valence electrons. The van der Waals surface area contributed by atoms with Crippen molar-refractivity contribution in [2.75, 3.05) is 6.54 Å². The molecule has 1 aromatic carbocycles. The number of nitrogens with zero attached hydrogens (tertiary/aromatic N) is 1. The number of piperidine rings is 1. The average Bonchev–Trinajstić information content (AvgIpc) is 2.83. The van der Waals surface area contributed by atoms with Gasteiger partial charge in [0, 0.05) is 18.5 Å². The van der Waals surface area contributed by atoms with Crippen LogP contribution in [0.3, 0.4) is 0 Å². The van der Waals surface area contributed by atoms with E-state index in [0.717, 1.165) is 37.8 Å². The number of benzene rings is 1. The molecule has 1 aliphatic carbocycles. The average molecular weight is 520 g/mol. The molecule has 36 heavy (non-hydrogen) atoms. The van der Waals surface area contributed by atoms with E-state index in [0.29, 0.717) is 37.8 Å². The summed E-state index contributed by atoms with van der Waals surface area (Å²) < 4.78 is 79.0. The number of rotatable bonds is 9. The van der Waals surface area contributed by atoms with E-state index in [1.54, 1.807) is 6.92 Å². The molecule has 0 amide bonds. The molecule has 3 nitrogen and oxygen atoms in total. The van der Waals surface area contributed by atoms with Gasteiger partial charge >= 0.3 is 18.3 Å². The summed E-state index contributed by atoms with van der Waals surface area (Å²) in [5.74, 6) is -1.81. The summed E-state index contributed by atoms with van der Waals surface area (Å²) in [6, 6.07) is 3.93. The second kappa shape index (κ2) is 12.0. The number of carboxylic acids is 1. The fourth-order valence-electron chi connectivity index (χ4n) is 5.62. The highest BCUT2D eigenvalue weighted by Gasteiger charge is 2.39. The number of allylic oxidation sites excluding steroid dienone is 2. The zero-order valence-electron chi connectivity index (χ0n) is 20.5. The number of hydrogen-bond donors (Lipinski definition) is 1. The number of likely N-dealkylation sites (tertiary alicyclic amines) is 1. The Morgan fingerprint density at radius 1 is 1.08 bits per heavy atom. The van der Waals surface area contributed by atoms with Crippen LogP contribution in [0.4, 0.5) is 26.3 Å². The van der Waals surface area contributed by atoms with Crippen molar-refractivity contribution in [3.63, 3.8) is 0 Å². The third-order valence-corrected chi connectivity index (χ3v) is 7.82. The first kappa shape index (κ1) is 28.5. The van der Waals surface area contributed by atoms with Gasteiger partial charge in [0.05, 0.1) is 11.5 Å². The van der Waals surface area contributed by atoms with E-state index in [9.17, 15) is 36.2 Å². The minimum absolute atomic E-state index is 0.0902. The van der Waals surface area contributed by atoms with Gasteiger partial charge in [0.15, 0.2) is 0 Å². The second-order valence-corrected chi connectivity index (χ2v) is 10.2. The highest BCUT2D eigenvalue weighted by Crippen LogP contribution is 2.42. The predicted molar refractivity (Wildman–Crippen MR) is 125 cm³/mol. The van der Waals surface area contributed by atoms with Crippen LogP contribution in [0.15, 0.2) is 35.9 Å². The summed E-state index contributed by atoms with van der Waals surface area (Å²) in [5.41, 5.74) is 1.06. The molecule has 1 N–H and O–H groups in total. The normalized spacial score (nSPS) is 23.7. The van der Waals surface area contributed by atoms with Crippen LogP contribution < -0.4 is 0 Å². The molecular formula is C27H35F6NO2. The lowest BCUT2D eigenvalue weighted by Gasteiger charge is -2.45. The number of aliphatic carboxylic acids is 1. The van der Waals surface area contributed by atoms with Crippen LogP contribution >= 0.6 is 0 Å². The van der Waals surface area contributed by atoms with Gasteiger partial charge < -0.3 is 5.11 Å². The molecule has 1 heterocycles. The number of carboxylic acid groups (broad SMARTS) is 1. The minimum atomic E-state index is -4.49. The smallest absolute Gasteiger partial charge is 0.416 e. The maximum absolute atomic E-state index is 13.2. The standard InChI is InChI=1S/C27H35F6NO2/c1-18(25(35)36)21-14-16-34(24(17-21)20-8-10-22(11-9-20)27(31,32)33)23(13-15-26(28,29)30)12-7-19-5-3-2-4-6-19/h5,8-11,18,21,23-24H,2-4,6-7,12-17H2,1H3,(H,35,36)/t18?,21-,23-,24+/m1/s1. The summed E-state index contributed by atoms with van der Waals surface area (Å²) in [6.45, 7) is 2.03. The largest absolute Gasteiger partial charge is 0.481 e. The predicted octanol–water partition coefficient (Wildman–Crippen LogP) is 8.17. The van der Waals surface area contributed by atoms with Gasteiger partial charge in [0.1, 0.15) is 0 Å². The van der Waals surface area contributed by atoms with E-state index in [-0.39, 0.29) is 12.3 Å². The van der Waals surface area contributed by atoms with E-state index in [2.05, 4.69) is 6.08 Å². The molecular weight excluding hydrogens is 484 g/mol. The first-order valence-electron chi connectivity index (χ1n) is 12.8. The summed E-state index contributed by atoms with van der Waals surface area (Å²) >= 11 is 0. The summed E-state index contributed by atoms with van der Waals surface area (Å²) in [4.78, 5) is 13.6. The molecule has 4 atom stereocenters. The Labute approximate surface area is 208 Å². The van der Waals surface area contributed by atoms with Gasteiger partial charge in [-0.2, -0.15) is 26.3 Å². The van der Waals surface area contributed by atoms with Crippen molar-refractivity contribution >= 4 is 5.97 Å². The molecule has 0 aromatic heterocycles. The van der Waals surface area contributed by atoms with Gasteiger partial charge in [-0.25, -0.2) is 0 Å². The summed E-state index contributed by atoms with van der Waals surface area (Å²) in [7, 11) is 0.